The molecule has 0 aliphatic rings. The van der Waals surface area contributed by atoms with Crippen LogP contribution in [0.15, 0.2) is 0 Å². The van der Waals surface area contributed by atoms with Crippen molar-refractivity contribution in [3.05, 3.63) is 0 Å². The highest BCUT2D eigenvalue weighted by atomic mass is 32.2. The second-order valence-electron chi connectivity index (χ2n) is 4.43. The van der Waals surface area contributed by atoms with Crippen molar-refractivity contribution in [1.29, 1.82) is 0 Å². The van der Waals surface area contributed by atoms with Gasteiger partial charge in [0.25, 0.3) is 0 Å². The Hall–Kier alpha value is -0.130. The number of rotatable bonds is 10. The fraction of sp³-hybridized carbons (Fsp3) is 1.00. The van der Waals surface area contributed by atoms with E-state index in [1.165, 1.54) is 0 Å². The molecule has 0 fully saturated rings. The topological polar surface area (TPSA) is 49.4 Å². The van der Waals surface area contributed by atoms with Gasteiger partial charge < -0.3 is 4.90 Å². The number of hydrogen-bond acceptors (Lipinski definition) is 3. The molecule has 0 bridgehead atoms. The first-order valence-corrected chi connectivity index (χ1v) is 7.75. The van der Waals surface area contributed by atoms with Crippen LogP contribution in [0.5, 0.6) is 0 Å². The number of unbranched alkanes of at least 4 members (excludes halogenated alkanes) is 3. The van der Waals surface area contributed by atoms with E-state index in [4.69, 9.17) is 0 Å². The quantitative estimate of drug-likeness (QED) is 0.597. The van der Waals surface area contributed by atoms with Gasteiger partial charge in [-0.15, -0.1) is 0 Å². The lowest BCUT2D eigenvalue weighted by atomic mass is 10.2. The molecule has 0 atom stereocenters. The first-order valence-electron chi connectivity index (χ1n) is 6.10. The molecule has 5 heteroatoms. The Labute approximate surface area is 100 Å². The van der Waals surface area contributed by atoms with Gasteiger partial charge in [-0.25, -0.2) is 13.1 Å². The summed E-state index contributed by atoms with van der Waals surface area (Å²) in [6.45, 7) is 3.58. The summed E-state index contributed by atoms with van der Waals surface area (Å²) in [5.74, 6) is 0.273. The Morgan fingerprint density at radius 1 is 1.06 bits per heavy atom. The van der Waals surface area contributed by atoms with Crippen LogP contribution in [-0.2, 0) is 10.0 Å². The molecule has 16 heavy (non-hydrogen) atoms. The van der Waals surface area contributed by atoms with Gasteiger partial charge in [-0.3, -0.25) is 0 Å². The maximum atomic E-state index is 11.5. The van der Waals surface area contributed by atoms with Gasteiger partial charge in [0.15, 0.2) is 0 Å². The van der Waals surface area contributed by atoms with Gasteiger partial charge in [-0.05, 0) is 33.5 Å². The molecule has 0 aromatic heterocycles. The molecule has 0 aliphatic carbocycles. The van der Waals surface area contributed by atoms with Crippen molar-refractivity contribution in [2.75, 3.05) is 32.9 Å². The largest absolute Gasteiger partial charge is 0.309 e. The summed E-state index contributed by atoms with van der Waals surface area (Å²) in [5.41, 5.74) is 0. The Bertz CT molecular complexity index is 251. The molecular formula is C11H26N2O2S. The monoisotopic (exact) mass is 250 g/mol. The fourth-order valence-electron chi connectivity index (χ4n) is 1.41. The Kier molecular flexibility index (Phi) is 8.89. The third kappa shape index (κ3) is 10.4. The second-order valence-corrected chi connectivity index (χ2v) is 6.36. The molecule has 0 aromatic rings. The van der Waals surface area contributed by atoms with Crippen molar-refractivity contribution < 1.29 is 8.42 Å². The van der Waals surface area contributed by atoms with E-state index in [2.05, 4.69) is 16.5 Å². The Balaban J connectivity index is 3.55. The van der Waals surface area contributed by atoms with Gasteiger partial charge in [0.05, 0.1) is 5.75 Å². The van der Waals surface area contributed by atoms with Crippen molar-refractivity contribution in [2.24, 2.45) is 0 Å². The van der Waals surface area contributed by atoms with E-state index in [0.29, 0.717) is 6.54 Å². The molecular weight excluding hydrogens is 224 g/mol. The van der Waals surface area contributed by atoms with Crippen molar-refractivity contribution in [2.45, 2.75) is 39.0 Å². The lowest BCUT2D eigenvalue weighted by Crippen LogP contribution is -2.29. The number of nitrogens with one attached hydrogen (secondary N) is 1. The highest BCUT2D eigenvalue weighted by Crippen LogP contribution is 2.01. The van der Waals surface area contributed by atoms with Gasteiger partial charge >= 0.3 is 0 Å². The van der Waals surface area contributed by atoms with Crippen LogP contribution in [-0.4, -0.2) is 46.3 Å². The normalized spacial score (nSPS) is 12.2. The van der Waals surface area contributed by atoms with Crippen LogP contribution < -0.4 is 4.72 Å². The summed E-state index contributed by atoms with van der Waals surface area (Å²) in [6, 6.07) is 0. The number of hydrogen-bond donors (Lipinski definition) is 1. The van der Waals surface area contributed by atoms with Crippen molar-refractivity contribution in [1.82, 2.24) is 9.62 Å². The molecule has 98 valence electrons. The number of nitrogens with zero attached hydrogens (tertiary/aromatic N) is 1. The Morgan fingerprint density at radius 2 is 1.75 bits per heavy atom. The predicted octanol–water partition coefficient (Wildman–Crippen LogP) is 1.44. The second kappa shape index (κ2) is 8.96. The summed E-state index contributed by atoms with van der Waals surface area (Å²) in [7, 11) is 0.942. The van der Waals surface area contributed by atoms with E-state index in [0.717, 1.165) is 38.6 Å². The van der Waals surface area contributed by atoms with E-state index in [-0.39, 0.29) is 5.75 Å². The average molecular weight is 250 g/mol. The van der Waals surface area contributed by atoms with Crippen LogP contribution in [0.1, 0.15) is 39.0 Å². The van der Waals surface area contributed by atoms with Crippen LogP contribution in [0.4, 0.5) is 0 Å². The van der Waals surface area contributed by atoms with Crippen molar-refractivity contribution >= 4 is 10.0 Å². The van der Waals surface area contributed by atoms with E-state index >= 15 is 0 Å². The minimum Gasteiger partial charge on any atom is -0.309 e. The van der Waals surface area contributed by atoms with Gasteiger partial charge in [0.1, 0.15) is 0 Å². The van der Waals surface area contributed by atoms with Gasteiger partial charge in [-0.2, -0.15) is 0 Å². The highest BCUT2D eigenvalue weighted by molar-refractivity contribution is 7.89. The van der Waals surface area contributed by atoms with Crippen LogP contribution >= 0.6 is 0 Å². The minimum absolute atomic E-state index is 0.273. The van der Waals surface area contributed by atoms with E-state index in [9.17, 15) is 8.42 Å². The van der Waals surface area contributed by atoms with Gasteiger partial charge in [-0.1, -0.05) is 26.2 Å². The molecule has 0 aromatic carbocycles. The first kappa shape index (κ1) is 15.9. The van der Waals surface area contributed by atoms with Crippen LogP contribution in [0.3, 0.4) is 0 Å². The van der Waals surface area contributed by atoms with E-state index < -0.39 is 10.0 Å². The number of sulfonamides is 1. The van der Waals surface area contributed by atoms with Crippen LogP contribution in [0.2, 0.25) is 0 Å². The lowest BCUT2D eigenvalue weighted by molar-refractivity contribution is 0.400. The molecule has 0 rings (SSSR count). The average Bonchev–Trinajstić information content (AvgIpc) is 2.19. The molecule has 1 N–H and O–H groups in total. The zero-order valence-corrected chi connectivity index (χ0v) is 11.6. The minimum atomic E-state index is -3.03. The zero-order chi connectivity index (χ0) is 12.4. The Morgan fingerprint density at radius 3 is 2.31 bits per heavy atom. The van der Waals surface area contributed by atoms with E-state index in [1.807, 2.05) is 14.1 Å². The summed E-state index contributed by atoms with van der Waals surface area (Å²) in [6.07, 6.45) is 4.90. The summed E-state index contributed by atoms with van der Waals surface area (Å²) < 4.78 is 25.7. The van der Waals surface area contributed by atoms with Crippen molar-refractivity contribution in [3.63, 3.8) is 0 Å². The SMILES string of the molecule is CCCCCCS(=O)(=O)NCCCN(C)C. The molecule has 0 saturated heterocycles. The fourth-order valence-corrected chi connectivity index (χ4v) is 2.60. The molecule has 4 nitrogen and oxygen atoms in total. The molecule has 0 unspecified atom stereocenters. The molecule has 0 radical (unpaired) electrons. The molecule has 0 saturated carbocycles. The van der Waals surface area contributed by atoms with Crippen LogP contribution in [0, 0.1) is 0 Å². The molecule has 0 spiro atoms. The van der Waals surface area contributed by atoms with Gasteiger partial charge in [0.2, 0.25) is 10.0 Å². The summed E-state index contributed by atoms with van der Waals surface area (Å²) in [5, 5.41) is 0. The first-order chi connectivity index (χ1) is 7.48. The molecule has 0 aliphatic heterocycles. The highest BCUT2D eigenvalue weighted by Gasteiger charge is 2.08. The lowest BCUT2D eigenvalue weighted by Gasteiger charge is -2.10. The summed E-state index contributed by atoms with van der Waals surface area (Å²) >= 11 is 0. The molecule has 0 heterocycles. The standard InChI is InChI=1S/C11H26N2O2S/c1-4-5-6-7-11-16(14,15)12-9-8-10-13(2)3/h12H,4-11H2,1-3H3. The van der Waals surface area contributed by atoms with Crippen molar-refractivity contribution in [3.8, 4) is 0 Å². The maximum absolute atomic E-state index is 11.5. The smallest absolute Gasteiger partial charge is 0.211 e. The predicted molar refractivity (Wildman–Crippen MR) is 69.1 cm³/mol. The van der Waals surface area contributed by atoms with Gasteiger partial charge in [0, 0.05) is 6.54 Å². The van der Waals surface area contributed by atoms with Crippen LogP contribution in [0.25, 0.3) is 0 Å². The maximum Gasteiger partial charge on any atom is 0.211 e. The third-order valence-corrected chi connectivity index (χ3v) is 3.84. The summed E-state index contributed by atoms with van der Waals surface area (Å²) in [4.78, 5) is 2.05. The zero-order valence-electron chi connectivity index (χ0n) is 10.8. The van der Waals surface area contributed by atoms with E-state index in [1.54, 1.807) is 0 Å². The third-order valence-electron chi connectivity index (χ3n) is 2.37. The molecule has 0 amide bonds.